The van der Waals surface area contributed by atoms with Crippen molar-refractivity contribution in [1.29, 1.82) is 0 Å². The highest BCUT2D eigenvalue weighted by Crippen LogP contribution is 2.34. The third-order valence-corrected chi connectivity index (χ3v) is 3.99. The van der Waals surface area contributed by atoms with Crippen LogP contribution in [-0.4, -0.2) is 7.05 Å². The molecule has 0 saturated carbocycles. The summed E-state index contributed by atoms with van der Waals surface area (Å²) >= 11 is 7.54. The Balaban J connectivity index is 2.22. The molecule has 0 heterocycles. The molecule has 0 atom stereocenters. The summed E-state index contributed by atoms with van der Waals surface area (Å²) in [4.78, 5) is 1.45. The first kappa shape index (κ1) is 13.4. The van der Waals surface area contributed by atoms with Crippen molar-refractivity contribution in [2.24, 2.45) is 0 Å². The van der Waals surface area contributed by atoms with Crippen molar-refractivity contribution in [1.82, 2.24) is 5.32 Å². The van der Waals surface area contributed by atoms with Gasteiger partial charge in [0.05, 0.1) is 5.02 Å². The van der Waals surface area contributed by atoms with Crippen molar-refractivity contribution in [3.8, 4) is 0 Å². The van der Waals surface area contributed by atoms with Crippen molar-refractivity contribution >= 4 is 23.4 Å². The van der Waals surface area contributed by atoms with Gasteiger partial charge in [-0.05, 0) is 36.9 Å². The predicted molar refractivity (Wildman–Crippen MR) is 74.7 cm³/mol. The molecule has 1 N–H and O–H groups in total. The normalized spacial score (nSPS) is 10.6. The number of halogens is 2. The smallest absolute Gasteiger partial charge is 0.137 e. The van der Waals surface area contributed by atoms with Crippen molar-refractivity contribution in [2.45, 2.75) is 16.3 Å². The van der Waals surface area contributed by atoms with Crippen LogP contribution < -0.4 is 5.32 Å². The van der Waals surface area contributed by atoms with E-state index in [0.717, 1.165) is 17.0 Å². The Morgan fingerprint density at radius 3 is 2.61 bits per heavy atom. The van der Waals surface area contributed by atoms with Crippen LogP contribution in [0, 0.1) is 5.82 Å². The molecule has 0 aliphatic heterocycles. The van der Waals surface area contributed by atoms with Crippen LogP contribution in [0.4, 0.5) is 4.39 Å². The Morgan fingerprint density at radius 2 is 1.94 bits per heavy atom. The lowest BCUT2D eigenvalue weighted by molar-refractivity contribution is 0.602. The molecule has 18 heavy (non-hydrogen) atoms. The first-order chi connectivity index (χ1) is 8.70. The lowest BCUT2D eigenvalue weighted by Gasteiger charge is -2.07. The fraction of sp³-hybridized carbons (Fsp3) is 0.143. The zero-order valence-corrected chi connectivity index (χ0v) is 11.5. The molecule has 0 aliphatic carbocycles. The summed E-state index contributed by atoms with van der Waals surface area (Å²) in [5.74, 6) is -0.224. The quantitative estimate of drug-likeness (QED) is 0.894. The van der Waals surface area contributed by atoms with Gasteiger partial charge in [0.25, 0.3) is 0 Å². The Hall–Kier alpha value is -1.03. The van der Waals surface area contributed by atoms with Crippen molar-refractivity contribution in [3.63, 3.8) is 0 Å². The minimum absolute atomic E-state index is 0.224. The Kier molecular flexibility index (Phi) is 4.64. The van der Waals surface area contributed by atoms with E-state index in [4.69, 9.17) is 11.6 Å². The van der Waals surface area contributed by atoms with Crippen LogP contribution in [0.2, 0.25) is 5.02 Å². The summed E-state index contributed by atoms with van der Waals surface area (Å²) in [6.45, 7) is 0.768. The molecule has 0 fully saturated rings. The molecule has 1 nitrogen and oxygen atoms in total. The van der Waals surface area contributed by atoms with E-state index >= 15 is 0 Å². The van der Waals surface area contributed by atoms with Crippen molar-refractivity contribution < 1.29 is 4.39 Å². The van der Waals surface area contributed by atoms with E-state index < -0.39 is 0 Å². The maximum Gasteiger partial charge on any atom is 0.137 e. The van der Waals surface area contributed by atoms with Gasteiger partial charge in [-0.25, -0.2) is 4.39 Å². The summed E-state index contributed by atoms with van der Waals surface area (Å²) in [5, 5.41) is 3.71. The summed E-state index contributed by atoms with van der Waals surface area (Å²) in [6.07, 6.45) is 0. The van der Waals surface area contributed by atoms with Gasteiger partial charge in [0.2, 0.25) is 0 Å². The minimum Gasteiger partial charge on any atom is -0.316 e. The lowest BCUT2D eigenvalue weighted by atomic mass is 10.2. The fourth-order valence-electron chi connectivity index (χ4n) is 1.59. The molecule has 0 spiro atoms. The van der Waals surface area contributed by atoms with Crippen molar-refractivity contribution in [2.75, 3.05) is 7.05 Å². The minimum atomic E-state index is -0.224. The van der Waals surface area contributed by atoms with E-state index in [0.29, 0.717) is 9.92 Å². The molecular weight excluding hydrogens is 269 g/mol. The van der Waals surface area contributed by atoms with Gasteiger partial charge in [0, 0.05) is 16.3 Å². The molecule has 0 aromatic heterocycles. The monoisotopic (exact) mass is 281 g/mol. The molecule has 0 radical (unpaired) electrons. The molecule has 94 valence electrons. The second-order valence-corrected chi connectivity index (χ2v) is 5.32. The van der Waals surface area contributed by atoms with Crippen LogP contribution in [0.1, 0.15) is 5.56 Å². The first-order valence-electron chi connectivity index (χ1n) is 5.56. The van der Waals surface area contributed by atoms with Gasteiger partial charge in [-0.3, -0.25) is 0 Å². The Morgan fingerprint density at radius 1 is 1.17 bits per heavy atom. The van der Waals surface area contributed by atoms with E-state index in [1.807, 2.05) is 31.3 Å². The SMILES string of the molecule is CNCc1ccc(Sc2ccccc2F)c(Cl)c1. The van der Waals surface area contributed by atoms with Crippen LogP contribution in [0.15, 0.2) is 52.3 Å². The van der Waals surface area contributed by atoms with E-state index in [1.54, 1.807) is 12.1 Å². The average Bonchev–Trinajstić information content (AvgIpc) is 2.35. The second-order valence-electron chi connectivity index (χ2n) is 3.83. The average molecular weight is 282 g/mol. The van der Waals surface area contributed by atoms with Crippen LogP contribution in [-0.2, 0) is 6.54 Å². The second kappa shape index (κ2) is 6.23. The highest BCUT2D eigenvalue weighted by atomic mass is 35.5. The van der Waals surface area contributed by atoms with Gasteiger partial charge in [-0.15, -0.1) is 0 Å². The molecule has 2 aromatic carbocycles. The lowest BCUT2D eigenvalue weighted by Crippen LogP contribution is -2.04. The Bertz CT molecular complexity index is 545. The number of rotatable bonds is 4. The Labute approximate surface area is 115 Å². The number of nitrogens with one attached hydrogen (secondary N) is 1. The largest absolute Gasteiger partial charge is 0.316 e. The number of hydrogen-bond donors (Lipinski definition) is 1. The standard InChI is InChI=1S/C14H13ClFNS/c1-17-9-10-6-7-13(11(15)8-10)18-14-5-3-2-4-12(14)16/h2-8,17H,9H2,1H3. The number of hydrogen-bond acceptors (Lipinski definition) is 2. The summed E-state index contributed by atoms with van der Waals surface area (Å²) < 4.78 is 13.5. The van der Waals surface area contributed by atoms with Gasteiger partial charge in [0.15, 0.2) is 0 Å². The summed E-state index contributed by atoms with van der Waals surface area (Å²) in [6, 6.07) is 12.5. The van der Waals surface area contributed by atoms with Gasteiger partial charge in [0.1, 0.15) is 5.82 Å². The summed E-state index contributed by atoms with van der Waals surface area (Å²) in [7, 11) is 1.88. The highest BCUT2D eigenvalue weighted by molar-refractivity contribution is 7.99. The van der Waals surface area contributed by atoms with Gasteiger partial charge in [-0.2, -0.15) is 0 Å². The third-order valence-electron chi connectivity index (χ3n) is 2.43. The van der Waals surface area contributed by atoms with Crippen LogP contribution in [0.5, 0.6) is 0 Å². The fourth-order valence-corrected chi connectivity index (χ4v) is 2.75. The molecule has 2 rings (SSSR count). The van der Waals surface area contributed by atoms with Gasteiger partial charge in [-0.1, -0.05) is 41.6 Å². The van der Waals surface area contributed by atoms with E-state index in [-0.39, 0.29) is 5.82 Å². The van der Waals surface area contributed by atoms with Crippen LogP contribution in [0.3, 0.4) is 0 Å². The van der Waals surface area contributed by atoms with E-state index in [1.165, 1.54) is 17.8 Å². The summed E-state index contributed by atoms with van der Waals surface area (Å²) in [5.41, 5.74) is 1.11. The topological polar surface area (TPSA) is 12.0 Å². The zero-order valence-electron chi connectivity index (χ0n) is 9.91. The first-order valence-corrected chi connectivity index (χ1v) is 6.75. The maximum atomic E-state index is 13.5. The van der Waals surface area contributed by atoms with E-state index in [9.17, 15) is 4.39 Å². The third kappa shape index (κ3) is 3.25. The highest BCUT2D eigenvalue weighted by Gasteiger charge is 2.07. The predicted octanol–water partition coefficient (Wildman–Crippen LogP) is 4.35. The number of benzene rings is 2. The molecule has 0 amide bonds. The van der Waals surface area contributed by atoms with Crippen LogP contribution in [0.25, 0.3) is 0 Å². The van der Waals surface area contributed by atoms with Gasteiger partial charge >= 0.3 is 0 Å². The molecule has 0 aliphatic rings. The molecule has 2 aromatic rings. The molecule has 0 saturated heterocycles. The van der Waals surface area contributed by atoms with Crippen LogP contribution >= 0.6 is 23.4 Å². The maximum absolute atomic E-state index is 13.5. The van der Waals surface area contributed by atoms with E-state index in [2.05, 4.69) is 5.32 Å². The zero-order chi connectivity index (χ0) is 13.0. The molecular formula is C14H13ClFNS. The molecule has 4 heteroatoms. The molecule has 0 bridgehead atoms. The van der Waals surface area contributed by atoms with Crippen molar-refractivity contribution in [3.05, 3.63) is 58.9 Å². The van der Waals surface area contributed by atoms with Gasteiger partial charge < -0.3 is 5.32 Å². The molecule has 0 unspecified atom stereocenters.